The van der Waals surface area contributed by atoms with E-state index >= 15 is 0 Å². The van der Waals surface area contributed by atoms with E-state index in [0.717, 1.165) is 20.1 Å². The summed E-state index contributed by atoms with van der Waals surface area (Å²) in [6.07, 6.45) is 0. The first-order valence-electron chi connectivity index (χ1n) is 4.74. The number of hydrogen-bond donors (Lipinski definition) is 1. The minimum atomic E-state index is -0.409. The average molecular weight is 237 g/mol. The fourth-order valence-electron chi connectivity index (χ4n) is 1.46. The van der Waals surface area contributed by atoms with Gasteiger partial charge in [0, 0.05) is 13.1 Å². The molecule has 84 valence electrons. The van der Waals surface area contributed by atoms with E-state index in [2.05, 4.69) is 9.97 Å². The third-order valence-corrected chi connectivity index (χ3v) is 3.40. The standard InChI is InChI=1S/C10H11N3O2S/c1-5-9(16-6(2)11-5)7-4-8(14)13(3)10(15)12-7/h4H,1-3H3,(H,12,15). The van der Waals surface area contributed by atoms with Crippen molar-refractivity contribution < 1.29 is 0 Å². The van der Waals surface area contributed by atoms with Gasteiger partial charge in [0.2, 0.25) is 0 Å². The van der Waals surface area contributed by atoms with Gasteiger partial charge in [0.15, 0.2) is 0 Å². The molecule has 0 unspecified atom stereocenters. The fourth-order valence-corrected chi connectivity index (χ4v) is 2.35. The molecule has 6 heteroatoms. The van der Waals surface area contributed by atoms with Crippen LogP contribution in [0.5, 0.6) is 0 Å². The van der Waals surface area contributed by atoms with E-state index in [4.69, 9.17) is 0 Å². The molecule has 5 nitrogen and oxygen atoms in total. The lowest BCUT2D eigenvalue weighted by molar-refractivity contribution is 0.778. The van der Waals surface area contributed by atoms with Crippen LogP contribution in [0, 0.1) is 13.8 Å². The summed E-state index contributed by atoms with van der Waals surface area (Å²) in [6.45, 7) is 3.74. The molecule has 0 saturated heterocycles. The highest BCUT2D eigenvalue weighted by Gasteiger charge is 2.10. The minimum absolute atomic E-state index is 0.316. The van der Waals surface area contributed by atoms with Gasteiger partial charge in [-0.25, -0.2) is 9.78 Å². The van der Waals surface area contributed by atoms with Crippen molar-refractivity contribution in [1.82, 2.24) is 14.5 Å². The van der Waals surface area contributed by atoms with E-state index in [1.165, 1.54) is 24.5 Å². The van der Waals surface area contributed by atoms with Crippen LogP contribution in [0.25, 0.3) is 10.6 Å². The van der Waals surface area contributed by atoms with Gasteiger partial charge in [-0.1, -0.05) is 0 Å². The lowest BCUT2D eigenvalue weighted by Gasteiger charge is -2.00. The number of aromatic amines is 1. The molecule has 0 fully saturated rings. The fraction of sp³-hybridized carbons (Fsp3) is 0.300. The first-order valence-corrected chi connectivity index (χ1v) is 5.55. The molecule has 0 radical (unpaired) electrons. The van der Waals surface area contributed by atoms with E-state index in [-0.39, 0.29) is 5.56 Å². The van der Waals surface area contributed by atoms with Crippen molar-refractivity contribution in [2.45, 2.75) is 13.8 Å². The van der Waals surface area contributed by atoms with E-state index in [1.54, 1.807) is 0 Å². The normalized spacial score (nSPS) is 10.7. The predicted molar refractivity (Wildman–Crippen MR) is 62.9 cm³/mol. The zero-order valence-corrected chi connectivity index (χ0v) is 10.0. The Morgan fingerprint density at radius 1 is 1.38 bits per heavy atom. The molecule has 2 rings (SSSR count). The van der Waals surface area contributed by atoms with Crippen LogP contribution in [0.3, 0.4) is 0 Å². The Morgan fingerprint density at radius 3 is 2.56 bits per heavy atom. The van der Waals surface area contributed by atoms with E-state index in [9.17, 15) is 9.59 Å². The third-order valence-electron chi connectivity index (χ3n) is 2.29. The summed E-state index contributed by atoms with van der Waals surface area (Å²) in [5.74, 6) is 0. The van der Waals surface area contributed by atoms with Gasteiger partial charge in [0.25, 0.3) is 5.56 Å². The van der Waals surface area contributed by atoms with Crippen molar-refractivity contribution >= 4 is 11.3 Å². The lowest BCUT2D eigenvalue weighted by Crippen LogP contribution is -2.32. The summed E-state index contributed by atoms with van der Waals surface area (Å²) in [7, 11) is 1.44. The number of nitrogens with one attached hydrogen (secondary N) is 1. The Kier molecular flexibility index (Phi) is 2.51. The van der Waals surface area contributed by atoms with Crippen molar-refractivity contribution in [2.24, 2.45) is 7.05 Å². The molecular weight excluding hydrogens is 226 g/mol. The second kappa shape index (κ2) is 3.71. The molecule has 0 spiro atoms. The van der Waals surface area contributed by atoms with Crippen molar-refractivity contribution in [2.75, 3.05) is 0 Å². The van der Waals surface area contributed by atoms with Crippen LogP contribution in [0.1, 0.15) is 10.7 Å². The maximum atomic E-state index is 11.5. The summed E-state index contributed by atoms with van der Waals surface area (Å²) in [5.41, 5.74) is 0.639. The summed E-state index contributed by atoms with van der Waals surface area (Å²) in [5, 5.41) is 0.911. The number of H-pyrrole nitrogens is 1. The number of rotatable bonds is 1. The van der Waals surface area contributed by atoms with Crippen molar-refractivity contribution in [3.63, 3.8) is 0 Å². The Bertz CT molecular complexity index is 620. The van der Waals surface area contributed by atoms with Gasteiger partial charge in [-0.3, -0.25) is 9.36 Å². The Hall–Kier alpha value is -1.69. The van der Waals surface area contributed by atoms with E-state index in [1.807, 2.05) is 13.8 Å². The van der Waals surface area contributed by atoms with Crippen LogP contribution < -0.4 is 11.2 Å². The molecular formula is C10H11N3O2S. The van der Waals surface area contributed by atoms with Crippen molar-refractivity contribution in [3.8, 4) is 10.6 Å². The topological polar surface area (TPSA) is 67.8 Å². The first-order chi connectivity index (χ1) is 7.49. The number of aromatic nitrogens is 3. The molecule has 2 heterocycles. The predicted octanol–water partition coefficient (Wildman–Crippen LogP) is 0.814. The largest absolute Gasteiger partial charge is 0.328 e. The summed E-state index contributed by atoms with van der Waals surface area (Å²) in [4.78, 5) is 30.7. The third kappa shape index (κ3) is 1.71. The highest BCUT2D eigenvalue weighted by molar-refractivity contribution is 7.15. The van der Waals surface area contributed by atoms with Gasteiger partial charge in [-0.05, 0) is 13.8 Å². The van der Waals surface area contributed by atoms with Crippen LogP contribution in [0.4, 0.5) is 0 Å². The molecule has 0 aromatic carbocycles. The molecule has 0 saturated carbocycles. The summed E-state index contributed by atoms with van der Waals surface area (Å²) >= 11 is 1.46. The van der Waals surface area contributed by atoms with Crippen molar-refractivity contribution in [1.29, 1.82) is 0 Å². The first kappa shape index (κ1) is 10.8. The molecule has 0 atom stereocenters. The van der Waals surface area contributed by atoms with Gasteiger partial charge in [-0.2, -0.15) is 0 Å². The second-order valence-corrected chi connectivity index (χ2v) is 4.74. The molecule has 0 aliphatic rings. The molecule has 2 aromatic rings. The van der Waals surface area contributed by atoms with Gasteiger partial charge >= 0.3 is 5.69 Å². The van der Waals surface area contributed by atoms with Gasteiger partial charge in [0.05, 0.1) is 21.3 Å². The molecule has 0 aliphatic carbocycles. The maximum Gasteiger partial charge on any atom is 0.328 e. The summed E-state index contributed by atoms with van der Waals surface area (Å²) in [6, 6.07) is 1.42. The van der Waals surface area contributed by atoms with Gasteiger partial charge in [0.1, 0.15) is 0 Å². The van der Waals surface area contributed by atoms with E-state index in [0.29, 0.717) is 5.69 Å². The van der Waals surface area contributed by atoms with E-state index < -0.39 is 5.69 Å². The average Bonchev–Trinajstić information content (AvgIpc) is 2.53. The quantitative estimate of drug-likeness (QED) is 0.798. The Balaban J connectivity index is 2.71. The van der Waals surface area contributed by atoms with Gasteiger partial charge < -0.3 is 4.98 Å². The molecule has 0 amide bonds. The molecule has 0 aliphatic heterocycles. The number of nitrogens with zero attached hydrogens (tertiary/aromatic N) is 2. The Labute approximate surface area is 95.4 Å². The monoisotopic (exact) mass is 237 g/mol. The Morgan fingerprint density at radius 2 is 2.06 bits per heavy atom. The second-order valence-electron chi connectivity index (χ2n) is 3.53. The van der Waals surface area contributed by atoms with Crippen LogP contribution >= 0.6 is 11.3 Å². The number of thiazole rings is 1. The lowest BCUT2D eigenvalue weighted by atomic mass is 10.3. The summed E-state index contributed by atoms with van der Waals surface area (Å²) < 4.78 is 1.03. The maximum absolute atomic E-state index is 11.5. The van der Waals surface area contributed by atoms with Crippen LogP contribution in [0.2, 0.25) is 0 Å². The molecule has 2 aromatic heterocycles. The zero-order valence-electron chi connectivity index (χ0n) is 9.20. The highest BCUT2D eigenvalue weighted by atomic mass is 32.1. The SMILES string of the molecule is Cc1nc(C)c(-c2cc(=O)n(C)c(=O)[nH]2)s1. The van der Waals surface area contributed by atoms with Crippen molar-refractivity contribution in [3.05, 3.63) is 37.6 Å². The minimum Gasteiger partial charge on any atom is -0.306 e. The molecule has 1 N–H and O–H groups in total. The van der Waals surface area contributed by atoms with Crippen LogP contribution in [-0.4, -0.2) is 14.5 Å². The highest BCUT2D eigenvalue weighted by Crippen LogP contribution is 2.26. The smallest absolute Gasteiger partial charge is 0.306 e. The van der Waals surface area contributed by atoms with Crippen LogP contribution in [-0.2, 0) is 7.05 Å². The molecule has 0 bridgehead atoms. The number of aryl methyl sites for hydroxylation is 2. The van der Waals surface area contributed by atoms with Crippen LogP contribution in [0.15, 0.2) is 15.7 Å². The zero-order chi connectivity index (χ0) is 11.9. The number of hydrogen-bond acceptors (Lipinski definition) is 4. The molecule has 16 heavy (non-hydrogen) atoms. The van der Waals surface area contributed by atoms with Gasteiger partial charge in [-0.15, -0.1) is 11.3 Å².